The van der Waals surface area contributed by atoms with E-state index >= 15 is 0 Å². The van der Waals surface area contributed by atoms with Gasteiger partial charge >= 0.3 is 0 Å². The van der Waals surface area contributed by atoms with Crippen LogP contribution in [0.4, 0.5) is 11.6 Å². The zero-order valence-electron chi connectivity index (χ0n) is 13.5. The summed E-state index contributed by atoms with van der Waals surface area (Å²) in [5.74, 6) is 0.0672. The van der Waals surface area contributed by atoms with Crippen molar-refractivity contribution in [1.82, 2.24) is 14.9 Å². The van der Waals surface area contributed by atoms with E-state index in [1.165, 1.54) is 11.0 Å². The van der Waals surface area contributed by atoms with E-state index in [2.05, 4.69) is 31.2 Å². The number of hydrogen-bond donors (Lipinski definition) is 2. The minimum absolute atomic E-state index is 0.0673. The third-order valence-corrected chi connectivity index (χ3v) is 5.02. The monoisotopic (exact) mass is 418 g/mol. The van der Waals surface area contributed by atoms with Crippen LogP contribution in [0.1, 0.15) is 10.4 Å². The zero-order chi connectivity index (χ0) is 18.0. The molecule has 1 amide bonds. The highest BCUT2D eigenvalue weighted by Crippen LogP contribution is 2.30. The van der Waals surface area contributed by atoms with Gasteiger partial charge in [-0.05, 0) is 52.3 Å². The molecule has 128 valence electrons. The average Bonchev–Trinajstić information content (AvgIpc) is 3.03. The van der Waals surface area contributed by atoms with Crippen LogP contribution in [-0.4, -0.2) is 40.0 Å². The molecule has 0 aliphatic heterocycles. The van der Waals surface area contributed by atoms with Crippen molar-refractivity contribution in [3.63, 3.8) is 0 Å². The number of phenols is 1. The van der Waals surface area contributed by atoms with Gasteiger partial charge in [-0.2, -0.15) is 0 Å². The fourth-order valence-electron chi connectivity index (χ4n) is 2.16. The summed E-state index contributed by atoms with van der Waals surface area (Å²) in [6.45, 7) is 0. The van der Waals surface area contributed by atoms with Crippen molar-refractivity contribution in [2.45, 2.75) is 0 Å². The van der Waals surface area contributed by atoms with E-state index in [0.29, 0.717) is 11.6 Å². The first-order chi connectivity index (χ1) is 11.9. The number of amides is 1. The Morgan fingerprint density at radius 3 is 2.72 bits per heavy atom. The van der Waals surface area contributed by atoms with Crippen LogP contribution in [-0.2, 0) is 0 Å². The molecule has 25 heavy (non-hydrogen) atoms. The highest BCUT2D eigenvalue weighted by molar-refractivity contribution is 9.11. The fraction of sp³-hybridized carbons (Fsp3) is 0.118. The maximum atomic E-state index is 12.1. The molecule has 2 aromatic heterocycles. The number of carbonyl (C=O) groups is 1. The SMILES string of the molecule is CN(C)C(=O)c1cc(Nc2nccc(-c3ccc(Br)s3)n2)ccc1O. The second kappa shape index (κ2) is 7.20. The lowest BCUT2D eigenvalue weighted by Crippen LogP contribution is -2.21. The Morgan fingerprint density at radius 2 is 2.04 bits per heavy atom. The summed E-state index contributed by atoms with van der Waals surface area (Å²) in [6, 6.07) is 10.5. The summed E-state index contributed by atoms with van der Waals surface area (Å²) in [5, 5.41) is 13.0. The predicted octanol–water partition coefficient (Wildman–Crippen LogP) is 4.12. The Labute approximate surface area is 157 Å². The van der Waals surface area contributed by atoms with Crippen molar-refractivity contribution in [2.24, 2.45) is 0 Å². The molecule has 2 N–H and O–H groups in total. The maximum Gasteiger partial charge on any atom is 0.257 e. The molecule has 8 heteroatoms. The molecule has 0 radical (unpaired) electrons. The van der Waals surface area contributed by atoms with Crippen LogP contribution in [0.3, 0.4) is 0 Å². The van der Waals surface area contributed by atoms with Crippen molar-refractivity contribution in [2.75, 3.05) is 19.4 Å². The molecule has 0 aliphatic carbocycles. The second-order valence-electron chi connectivity index (χ2n) is 5.43. The summed E-state index contributed by atoms with van der Waals surface area (Å²) in [7, 11) is 3.27. The van der Waals surface area contributed by atoms with Gasteiger partial charge in [-0.1, -0.05) is 0 Å². The number of carbonyl (C=O) groups excluding carboxylic acids is 1. The van der Waals surface area contributed by atoms with Gasteiger partial charge in [0.2, 0.25) is 5.95 Å². The number of thiophene rings is 1. The number of phenolic OH excluding ortho intramolecular Hbond substituents is 1. The minimum Gasteiger partial charge on any atom is -0.507 e. The fourth-order valence-corrected chi connectivity index (χ4v) is 3.52. The van der Waals surface area contributed by atoms with E-state index < -0.39 is 0 Å². The Balaban J connectivity index is 1.88. The van der Waals surface area contributed by atoms with Crippen LogP contribution in [0.25, 0.3) is 10.6 Å². The van der Waals surface area contributed by atoms with Crippen LogP contribution in [0.5, 0.6) is 5.75 Å². The molecule has 0 atom stereocenters. The van der Waals surface area contributed by atoms with Crippen LogP contribution in [0, 0.1) is 0 Å². The number of nitrogens with one attached hydrogen (secondary N) is 1. The molecular weight excluding hydrogens is 404 g/mol. The predicted molar refractivity (Wildman–Crippen MR) is 102 cm³/mol. The minimum atomic E-state index is -0.278. The molecule has 2 heterocycles. The lowest BCUT2D eigenvalue weighted by molar-refractivity contribution is 0.0824. The highest BCUT2D eigenvalue weighted by atomic mass is 79.9. The molecule has 0 saturated heterocycles. The number of benzene rings is 1. The highest BCUT2D eigenvalue weighted by Gasteiger charge is 2.14. The largest absolute Gasteiger partial charge is 0.507 e. The molecule has 0 unspecified atom stereocenters. The van der Waals surface area contributed by atoms with E-state index in [9.17, 15) is 9.90 Å². The maximum absolute atomic E-state index is 12.1. The van der Waals surface area contributed by atoms with Gasteiger partial charge in [0.25, 0.3) is 5.91 Å². The molecule has 1 aromatic carbocycles. The number of anilines is 2. The summed E-state index contributed by atoms with van der Waals surface area (Å²) >= 11 is 5.02. The quantitative estimate of drug-likeness (QED) is 0.623. The van der Waals surface area contributed by atoms with Gasteiger partial charge in [0, 0.05) is 26.0 Å². The van der Waals surface area contributed by atoms with Crippen molar-refractivity contribution in [3.8, 4) is 16.3 Å². The van der Waals surface area contributed by atoms with E-state index in [1.807, 2.05) is 18.2 Å². The lowest BCUT2D eigenvalue weighted by Gasteiger charge is -2.13. The molecule has 0 fully saturated rings. The zero-order valence-corrected chi connectivity index (χ0v) is 15.9. The van der Waals surface area contributed by atoms with E-state index in [0.717, 1.165) is 14.4 Å². The van der Waals surface area contributed by atoms with Crippen molar-refractivity contribution in [1.29, 1.82) is 0 Å². The number of hydrogen-bond acceptors (Lipinski definition) is 6. The van der Waals surface area contributed by atoms with Crippen molar-refractivity contribution >= 4 is 44.8 Å². The standard InChI is InChI=1S/C17H15BrN4O2S/c1-22(2)16(24)11-9-10(3-4-13(11)23)20-17-19-8-7-12(21-17)14-5-6-15(18)25-14/h3-9,23H,1-2H3,(H,19,20,21). The summed E-state index contributed by atoms with van der Waals surface area (Å²) in [5.41, 5.74) is 1.64. The van der Waals surface area contributed by atoms with Gasteiger partial charge in [-0.15, -0.1) is 11.3 Å². The van der Waals surface area contributed by atoms with Crippen LogP contribution < -0.4 is 5.32 Å². The first kappa shape index (κ1) is 17.4. The van der Waals surface area contributed by atoms with Gasteiger partial charge in [0.1, 0.15) is 5.75 Å². The second-order valence-corrected chi connectivity index (χ2v) is 7.89. The Kier molecular flexibility index (Phi) is 5.00. The van der Waals surface area contributed by atoms with Crippen LogP contribution >= 0.6 is 27.3 Å². The van der Waals surface area contributed by atoms with Gasteiger partial charge in [0.15, 0.2) is 0 Å². The molecule has 3 rings (SSSR count). The van der Waals surface area contributed by atoms with Crippen molar-refractivity contribution < 1.29 is 9.90 Å². The topological polar surface area (TPSA) is 78.4 Å². The van der Waals surface area contributed by atoms with E-state index in [4.69, 9.17) is 0 Å². The van der Waals surface area contributed by atoms with Gasteiger partial charge in [-0.25, -0.2) is 9.97 Å². The van der Waals surface area contributed by atoms with Gasteiger partial charge in [-0.3, -0.25) is 4.79 Å². The third kappa shape index (κ3) is 3.97. The van der Waals surface area contributed by atoms with Gasteiger partial charge < -0.3 is 15.3 Å². The van der Waals surface area contributed by atoms with Crippen LogP contribution in [0.15, 0.2) is 46.4 Å². The molecular formula is C17H15BrN4O2S. The van der Waals surface area contributed by atoms with Gasteiger partial charge in [0.05, 0.1) is 19.9 Å². The third-order valence-electron chi connectivity index (χ3n) is 3.37. The van der Waals surface area contributed by atoms with E-state index in [-0.39, 0.29) is 17.2 Å². The Hall–Kier alpha value is -2.45. The molecule has 3 aromatic rings. The summed E-state index contributed by atoms with van der Waals surface area (Å²) in [4.78, 5) is 23.2. The first-order valence-corrected chi connectivity index (χ1v) is 8.95. The van der Waals surface area contributed by atoms with E-state index in [1.54, 1.807) is 43.8 Å². The number of aromatic nitrogens is 2. The summed E-state index contributed by atoms with van der Waals surface area (Å²) < 4.78 is 1.03. The smallest absolute Gasteiger partial charge is 0.257 e. The number of halogens is 1. The molecule has 0 saturated carbocycles. The molecule has 0 aliphatic rings. The average molecular weight is 419 g/mol. The first-order valence-electron chi connectivity index (χ1n) is 7.34. The molecule has 0 bridgehead atoms. The lowest BCUT2D eigenvalue weighted by atomic mass is 10.1. The molecule has 0 spiro atoms. The molecule has 6 nitrogen and oxygen atoms in total. The van der Waals surface area contributed by atoms with Crippen molar-refractivity contribution in [3.05, 3.63) is 51.9 Å². The Morgan fingerprint density at radius 1 is 1.24 bits per heavy atom. The number of rotatable bonds is 4. The number of nitrogens with zero attached hydrogens (tertiary/aromatic N) is 3. The van der Waals surface area contributed by atoms with Crippen LogP contribution in [0.2, 0.25) is 0 Å². The number of aromatic hydroxyl groups is 1. The Bertz CT molecular complexity index is 927. The summed E-state index contributed by atoms with van der Waals surface area (Å²) in [6.07, 6.45) is 1.67. The normalized spacial score (nSPS) is 10.5.